The van der Waals surface area contributed by atoms with E-state index in [2.05, 4.69) is 64.4 Å². The van der Waals surface area contributed by atoms with Crippen LogP contribution in [-0.2, 0) is 13.5 Å². The number of halogens is 1. The van der Waals surface area contributed by atoms with Gasteiger partial charge in [0.25, 0.3) is 0 Å². The summed E-state index contributed by atoms with van der Waals surface area (Å²) in [5.74, 6) is 0.332. The van der Waals surface area contributed by atoms with Gasteiger partial charge >= 0.3 is 0 Å². The zero-order chi connectivity index (χ0) is 18.3. The van der Waals surface area contributed by atoms with Crippen LogP contribution in [0.2, 0.25) is 0 Å². The fourth-order valence-corrected chi connectivity index (χ4v) is 3.63. The predicted octanol–water partition coefficient (Wildman–Crippen LogP) is 5.59. The number of pyridine rings is 1. The summed E-state index contributed by atoms with van der Waals surface area (Å²) in [6, 6.07) is 12.3. The molecule has 2 aromatic carbocycles. The minimum Gasteiger partial charge on any atom is -0.207 e. The maximum absolute atomic E-state index is 14.4. The van der Waals surface area contributed by atoms with Gasteiger partial charge < -0.3 is 0 Å². The average molecular weight is 336 g/mol. The predicted molar refractivity (Wildman–Crippen MR) is 103 cm³/mol. The zero-order valence-corrected chi connectivity index (χ0v) is 16.1. The van der Waals surface area contributed by atoms with Gasteiger partial charge in [-0.25, -0.2) is 4.39 Å². The van der Waals surface area contributed by atoms with Gasteiger partial charge in [-0.1, -0.05) is 25.5 Å². The second-order valence-electron chi connectivity index (χ2n) is 7.63. The molecule has 0 bridgehead atoms. The third-order valence-electron chi connectivity index (χ3n) is 5.05. The van der Waals surface area contributed by atoms with Crippen molar-refractivity contribution in [2.45, 2.75) is 41.0 Å². The van der Waals surface area contributed by atoms with Crippen molar-refractivity contribution in [1.82, 2.24) is 0 Å². The van der Waals surface area contributed by atoms with Gasteiger partial charge in [0, 0.05) is 23.1 Å². The molecular formula is C23H27FN+. The van der Waals surface area contributed by atoms with Crippen molar-refractivity contribution in [2.75, 3.05) is 0 Å². The van der Waals surface area contributed by atoms with Gasteiger partial charge in [-0.05, 0) is 68.0 Å². The molecule has 3 aromatic rings. The highest BCUT2D eigenvalue weighted by molar-refractivity contribution is 5.79. The molecule has 0 amide bonds. The van der Waals surface area contributed by atoms with E-state index in [4.69, 9.17) is 0 Å². The number of rotatable bonds is 3. The van der Waals surface area contributed by atoms with Crippen LogP contribution in [0, 0.1) is 32.5 Å². The Kier molecular flexibility index (Phi) is 4.64. The van der Waals surface area contributed by atoms with Crippen molar-refractivity contribution in [3.8, 4) is 11.3 Å². The van der Waals surface area contributed by atoms with Crippen molar-refractivity contribution in [2.24, 2.45) is 13.0 Å². The second kappa shape index (κ2) is 6.59. The molecule has 0 radical (unpaired) electrons. The summed E-state index contributed by atoms with van der Waals surface area (Å²) < 4.78 is 16.6. The summed E-state index contributed by atoms with van der Waals surface area (Å²) in [5.41, 5.74) is 8.15. The maximum Gasteiger partial charge on any atom is 0.213 e. The minimum atomic E-state index is -0.100. The zero-order valence-electron chi connectivity index (χ0n) is 16.1. The highest BCUT2D eigenvalue weighted by Crippen LogP contribution is 2.27. The van der Waals surface area contributed by atoms with E-state index in [9.17, 15) is 4.39 Å². The number of benzene rings is 2. The monoisotopic (exact) mass is 336 g/mol. The lowest BCUT2D eigenvalue weighted by Gasteiger charge is -2.12. The van der Waals surface area contributed by atoms with Crippen molar-refractivity contribution in [3.63, 3.8) is 0 Å². The number of aromatic nitrogens is 1. The van der Waals surface area contributed by atoms with Gasteiger partial charge in [0.05, 0.1) is 0 Å². The number of hydrogen-bond acceptors (Lipinski definition) is 0. The van der Waals surface area contributed by atoms with E-state index in [0.717, 1.165) is 22.9 Å². The summed E-state index contributed by atoms with van der Waals surface area (Å²) >= 11 is 0. The second-order valence-corrected chi connectivity index (χ2v) is 7.63. The van der Waals surface area contributed by atoms with Gasteiger partial charge in [0.2, 0.25) is 11.2 Å². The lowest BCUT2D eigenvalue weighted by atomic mass is 9.96. The summed E-state index contributed by atoms with van der Waals surface area (Å²) in [5, 5.41) is 0.943. The number of fused-ring (bicyclic) bond motifs is 1. The molecule has 0 spiro atoms. The smallest absolute Gasteiger partial charge is 0.207 e. The molecule has 1 nitrogen and oxygen atoms in total. The van der Waals surface area contributed by atoms with E-state index in [-0.39, 0.29) is 5.82 Å². The van der Waals surface area contributed by atoms with E-state index >= 15 is 0 Å². The van der Waals surface area contributed by atoms with Crippen LogP contribution in [0.4, 0.5) is 4.39 Å². The molecule has 0 atom stereocenters. The number of nitrogens with zero attached hydrogens (tertiary/aromatic N) is 1. The summed E-state index contributed by atoms with van der Waals surface area (Å²) in [7, 11) is 2.08. The average Bonchev–Trinajstić information content (AvgIpc) is 2.52. The van der Waals surface area contributed by atoms with E-state index in [0.29, 0.717) is 5.92 Å². The number of aryl methyl sites for hydroxylation is 3. The largest absolute Gasteiger partial charge is 0.213 e. The van der Waals surface area contributed by atoms with Crippen LogP contribution in [-0.4, -0.2) is 0 Å². The van der Waals surface area contributed by atoms with Crippen molar-refractivity contribution < 1.29 is 8.96 Å². The van der Waals surface area contributed by atoms with E-state index in [1.807, 2.05) is 12.1 Å². The molecular weight excluding hydrogens is 309 g/mol. The lowest BCUT2D eigenvalue weighted by molar-refractivity contribution is -0.633. The summed E-state index contributed by atoms with van der Waals surface area (Å²) in [6.07, 6.45) is 0.759. The van der Waals surface area contributed by atoms with Crippen LogP contribution < -0.4 is 4.57 Å². The van der Waals surface area contributed by atoms with Crippen LogP contribution in [0.1, 0.15) is 36.1 Å². The van der Waals surface area contributed by atoms with Crippen LogP contribution >= 0.6 is 0 Å². The Morgan fingerprint density at radius 2 is 1.72 bits per heavy atom. The molecule has 130 valence electrons. The summed E-state index contributed by atoms with van der Waals surface area (Å²) in [6.45, 7) is 10.7. The third kappa shape index (κ3) is 3.30. The first-order chi connectivity index (χ1) is 11.8. The van der Waals surface area contributed by atoms with E-state index in [1.165, 1.54) is 27.9 Å². The Balaban J connectivity index is 2.25. The van der Waals surface area contributed by atoms with Crippen molar-refractivity contribution >= 4 is 10.9 Å². The normalized spacial score (nSPS) is 11.5. The van der Waals surface area contributed by atoms with Crippen molar-refractivity contribution in [1.29, 1.82) is 0 Å². The molecule has 0 unspecified atom stereocenters. The maximum atomic E-state index is 14.4. The molecule has 25 heavy (non-hydrogen) atoms. The van der Waals surface area contributed by atoms with Crippen molar-refractivity contribution in [3.05, 3.63) is 64.5 Å². The summed E-state index contributed by atoms with van der Waals surface area (Å²) in [4.78, 5) is 0. The van der Waals surface area contributed by atoms with Gasteiger partial charge in [0.1, 0.15) is 12.9 Å². The first-order valence-corrected chi connectivity index (χ1v) is 8.97. The highest BCUT2D eigenvalue weighted by Gasteiger charge is 2.19. The third-order valence-corrected chi connectivity index (χ3v) is 5.05. The number of hydrogen-bond donors (Lipinski definition) is 0. The molecule has 0 saturated carbocycles. The molecule has 0 aliphatic rings. The standard InChI is InChI=1S/C23H27FN/c1-14(2)9-19-13-23-18(12-21(19)24)7-8-22(25(23)6)20-11-15(3)10-16(4)17(20)5/h7-8,10-14H,9H2,1-6H3/q+1. The van der Waals surface area contributed by atoms with Gasteiger partial charge in [-0.15, -0.1) is 0 Å². The molecule has 0 fully saturated rings. The van der Waals surface area contributed by atoms with Crippen LogP contribution in [0.25, 0.3) is 22.2 Å². The molecule has 0 N–H and O–H groups in total. The Labute approximate surface area is 150 Å². The van der Waals surface area contributed by atoms with Gasteiger partial charge in [0.15, 0.2) is 0 Å². The molecule has 0 aliphatic carbocycles. The fourth-order valence-electron chi connectivity index (χ4n) is 3.63. The molecule has 3 rings (SSSR count). The first-order valence-electron chi connectivity index (χ1n) is 8.97. The lowest BCUT2D eigenvalue weighted by Crippen LogP contribution is -2.32. The fraction of sp³-hybridized carbons (Fsp3) is 0.348. The molecule has 2 heteroatoms. The van der Waals surface area contributed by atoms with E-state index < -0.39 is 0 Å². The molecule has 0 aliphatic heterocycles. The first kappa shape index (κ1) is 17.6. The van der Waals surface area contributed by atoms with Crippen LogP contribution in [0.5, 0.6) is 0 Å². The SMILES string of the molecule is Cc1cc(C)c(C)c(-c2ccc3cc(F)c(CC(C)C)cc3[n+]2C)c1. The van der Waals surface area contributed by atoms with Crippen LogP contribution in [0.3, 0.4) is 0 Å². The Morgan fingerprint density at radius 3 is 2.40 bits per heavy atom. The highest BCUT2D eigenvalue weighted by atomic mass is 19.1. The van der Waals surface area contributed by atoms with Gasteiger partial charge in [-0.3, -0.25) is 0 Å². The van der Waals surface area contributed by atoms with E-state index in [1.54, 1.807) is 6.07 Å². The molecule has 1 aromatic heterocycles. The topological polar surface area (TPSA) is 3.88 Å². The van der Waals surface area contributed by atoms with Gasteiger partial charge in [-0.2, -0.15) is 4.57 Å². The Hall–Kier alpha value is -2.22. The Bertz CT molecular complexity index is 954. The molecule has 1 heterocycles. The quantitative estimate of drug-likeness (QED) is 0.549. The Morgan fingerprint density at radius 1 is 1.00 bits per heavy atom. The van der Waals surface area contributed by atoms with Crippen LogP contribution in [0.15, 0.2) is 36.4 Å². The molecule has 0 saturated heterocycles. The minimum absolute atomic E-state index is 0.100.